The van der Waals surface area contributed by atoms with E-state index in [1.165, 1.54) is 0 Å². The van der Waals surface area contributed by atoms with E-state index in [0.717, 1.165) is 17.5 Å². The normalized spacial score (nSPS) is 16.1. The Morgan fingerprint density at radius 1 is 1.11 bits per heavy atom. The van der Waals surface area contributed by atoms with Crippen LogP contribution < -0.4 is 5.73 Å². The fraction of sp³-hybridized carbons (Fsp3) is 0.286. The van der Waals surface area contributed by atoms with Crippen molar-refractivity contribution in [3.8, 4) is 0 Å². The Hall–Kier alpha value is -3.15. The number of aliphatic imine (C=N–C) groups is 1. The standard InChI is InChI=1S/C20H23N3O.CH2O2/c1-3-15(2)14-23-18(24)20(22-19(23)21,16-10-6-4-7-11-16)17-12-8-5-9-13-17;2-1-3/h4-13,15H,3,14H2,1-2H3,(H2,21,22);1H,(H,2,3). The number of carbonyl (C=O) groups excluding carboxylic acids is 1. The third-order valence-corrected chi connectivity index (χ3v) is 4.69. The summed E-state index contributed by atoms with van der Waals surface area (Å²) in [6, 6.07) is 19.3. The number of nitrogens with two attached hydrogens (primary N) is 1. The van der Waals surface area contributed by atoms with E-state index in [1.54, 1.807) is 4.90 Å². The highest BCUT2D eigenvalue weighted by molar-refractivity contribution is 6.09. The average Bonchev–Trinajstić information content (AvgIpc) is 2.95. The lowest BCUT2D eigenvalue weighted by molar-refractivity contribution is -0.130. The van der Waals surface area contributed by atoms with Gasteiger partial charge in [0, 0.05) is 6.54 Å². The number of hydrogen-bond donors (Lipinski definition) is 2. The first kappa shape index (κ1) is 20.2. The molecule has 0 radical (unpaired) electrons. The van der Waals surface area contributed by atoms with E-state index < -0.39 is 5.54 Å². The molecular weight excluding hydrogens is 342 g/mol. The zero-order valence-electron chi connectivity index (χ0n) is 15.6. The summed E-state index contributed by atoms with van der Waals surface area (Å²) in [4.78, 5) is 28.1. The van der Waals surface area contributed by atoms with Crippen molar-refractivity contribution < 1.29 is 14.7 Å². The van der Waals surface area contributed by atoms with Crippen molar-refractivity contribution in [1.82, 2.24) is 4.90 Å². The third-order valence-electron chi connectivity index (χ3n) is 4.69. The van der Waals surface area contributed by atoms with Gasteiger partial charge in [-0.25, -0.2) is 4.99 Å². The summed E-state index contributed by atoms with van der Waals surface area (Å²) in [6.07, 6.45) is 0.987. The van der Waals surface area contributed by atoms with Gasteiger partial charge in [-0.05, 0) is 17.0 Å². The lowest BCUT2D eigenvalue weighted by Crippen LogP contribution is -2.45. The van der Waals surface area contributed by atoms with Crippen molar-refractivity contribution in [2.75, 3.05) is 6.54 Å². The molecule has 1 aliphatic rings. The first-order valence-electron chi connectivity index (χ1n) is 8.87. The summed E-state index contributed by atoms with van der Waals surface area (Å²) in [7, 11) is 0. The molecule has 0 aromatic heterocycles. The Labute approximate surface area is 159 Å². The molecule has 3 rings (SSSR count). The molecule has 27 heavy (non-hydrogen) atoms. The molecule has 2 aromatic carbocycles. The van der Waals surface area contributed by atoms with Gasteiger partial charge < -0.3 is 10.8 Å². The molecular formula is C21H25N3O3. The van der Waals surface area contributed by atoms with Crippen LogP contribution in [-0.4, -0.2) is 34.9 Å². The van der Waals surface area contributed by atoms with Gasteiger partial charge >= 0.3 is 0 Å². The van der Waals surface area contributed by atoms with E-state index in [9.17, 15) is 4.79 Å². The van der Waals surface area contributed by atoms with Crippen LogP contribution in [0.4, 0.5) is 0 Å². The first-order valence-corrected chi connectivity index (χ1v) is 8.87. The van der Waals surface area contributed by atoms with Crippen LogP contribution in [0.25, 0.3) is 0 Å². The minimum absolute atomic E-state index is 0.0716. The Morgan fingerprint density at radius 2 is 1.56 bits per heavy atom. The maximum Gasteiger partial charge on any atom is 0.290 e. The molecule has 0 saturated carbocycles. The SMILES string of the molecule is CCC(C)CN1C(=O)C(c2ccccc2)(c2ccccc2)N=C1N.O=CO. The number of rotatable bonds is 5. The molecule has 142 valence electrons. The second-order valence-corrected chi connectivity index (χ2v) is 6.45. The fourth-order valence-corrected chi connectivity index (χ4v) is 3.10. The number of guanidine groups is 1. The van der Waals surface area contributed by atoms with Gasteiger partial charge in [0.15, 0.2) is 11.5 Å². The van der Waals surface area contributed by atoms with Gasteiger partial charge in [0.25, 0.3) is 12.4 Å². The van der Waals surface area contributed by atoms with Crippen LogP contribution in [0.15, 0.2) is 65.7 Å². The topological polar surface area (TPSA) is 96.0 Å². The Kier molecular flexibility index (Phi) is 6.71. The van der Waals surface area contributed by atoms with Crippen LogP contribution in [0.5, 0.6) is 0 Å². The summed E-state index contributed by atoms with van der Waals surface area (Å²) in [5.41, 5.74) is 6.78. The highest BCUT2D eigenvalue weighted by Gasteiger charge is 2.50. The number of carbonyl (C=O) groups is 2. The van der Waals surface area contributed by atoms with Crippen molar-refractivity contribution in [1.29, 1.82) is 0 Å². The highest BCUT2D eigenvalue weighted by atomic mass is 16.3. The van der Waals surface area contributed by atoms with Gasteiger partial charge in [0.05, 0.1) is 0 Å². The molecule has 0 spiro atoms. The van der Waals surface area contributed by atoms with Gasteiger partial charge in [-0.1, -0.05) is 80.9 Å². The maximum atomic E-state index is 13.4. The van der Waals surface area contributed by atoms with E-state index >= 15 is 0 Å². The van der Waals surface area contributed by atoms with E-state index in [4.69, 9.17) is 15.6 Å². The first-order chi connectivity index (χ1) is 13.0. The van der Waals surface area contributed by atoms with Crippen LogP contribution in [0.1, 0.15) is 31.4 Å². The van der Waals surface area contributed by atoms with Gasteiger partial charge in [-0.2, -0.15) is 0 Å². The second kappa shape index (κ2) is 8.98. The van der Waals surface area contributed by atoms with Gasteiger partial charge in [0.2, 0.25) is 0 Å². The highest BCUT2D eigenvalue weighted by Crippen LogP contribution is 2.39. The number of benzene rings is 2. The van der Waals surface area contributed by atoms with E-state index in [2.05, 4.69) is 18.8 Å². The van der Waals surface area contributed by atoms with Crippen LogP contribution in [-0.2, 0) is 15.1 Å². The van der Waals surface area contributed by atoms with Crippen LogP contribution >= 0.6 is 0 Å². The van der Waals surface area contributed by atoms with Crippen molar-refractivity contribution in [3.63, 3.8) is 0 Å². The molecule has 6 nitrogen and oxygen atoms in total. The Balaban J connectivity index is 0.000000817. The number of hydrogen-bond acceptors (Lipinski definition) is 4. The largest absolute Gasteiger partial charge is 0.483 e. The molecule has 0 fully saturated rings. The molecule has 6 heteroatoms. The molecule has 0 aliphatic carbocycles. The minimum atomic E-state index is -1.08. The van der Waals surface area contributed by atoms with E-state index in [0.29, 0.717) is 18.4 Å². The van der Waals surface area contributed by atoms with Gasteiger partial charge in [0.1, 0.15) is 0 Å². The van der Waals surface area contributed by atoms with Crippen molar-refractivity contribution in [2.24, 2.45) is 16.6 Å². The molecule has 1 unspecified atom stereocenters. The molecule has 3 N–H and O–H groups in total. The summed E-state index contributed by atoms with van der Waals surface area (Å²) in [6.45, 7) is 4.57. The monoisotopic (exact) mass is 367 g/mol. The van der Waals surface area contributed by atoms with E-state index in [-0.39, 0.29) is 12.4 Å². The average molecular weight is 367 g/mol. The Bertz CT molecular complexity index is 751. The fourth-order valence-electron chi connectivity index (χ4n) is 3.10. The van der Waals surface area contributed by atoms with Crippen LogP contribution in [0.3, 0.4) is 0 Å². The summed E-state index contributed by atoms with van der Waals surface area (Å²) >= 11 is 0. The molecule has 0 bridgehead atoms. The Morgan fingerprint density at radius 3 is 1.96 bits per heavy atom. The van der Waals surface area contributed by atoms with Crippen LogP contribution in [0.2, 0.25) is 0 Å². The molecule has 2 aromatic rings. The molecule has 0 saturated heterocycles. The maximum absolute atomic E-state index is 13.4. The predicted octanol–water partition coefficient (Wildman–Crippen LogP) is 2.83. The van der Waals surface area contributed by atoms with Crippen molar-refractivity contribution in [3.05, 3.63) is 71.8 Å². The zero-order chi connectivity index (χ0) is 19.9. The lowest BCUT2D eigenvalue weighted by atomic mass is 9.83. The molecule has 1 atom stereocenters. The zero-order valence-corrected chi connectivity index (χ0v) is 15.6. The number of nitrogens with zero attached hydrogens (tertiary/aromatic N) is 2. The summed E-state index contributed by atoms with van der Waals surface area (Å²) < 4.78 is 0. The quantitative estimate of drug-likeness (QED) is 0.794. The lowest BCUT2D eigenvalue weighted by Gasteiger charge is -2.28. The molecule has 1 amide bonds. The molecule has 1 aliphatic heterocycles. The summed E-state index contributed by atoms with van der Waals surface area (Å²) in [5, 5.41) is 6.89. The molecule has 1 heterocycles. The number of amides is 1. The minimum Gasteiger partial charge on any atom is -0.483 e. The predicted molar refractivity (Wildman–Crippen MR) is 105 cm³/mol. The van der Waals surface area contributed by atoms with Crippen LogP contribution in [0, 0.1) is 5.92 Å². The van der Waals surface area contributed by atoms with Crippen molar-refractivity contribution >= 4 is 18.3 Å². The van der Waals surface area contributed by atoms with Gasteiger partial charge in [-0.3, -0.25) is 14.5 Å². The van der Waals surface area contributed by atoms with Gasteiger partial charge in [-0.15, -0.1) is 0 Å². The number of carboxylic acid groups (broad SMARTS) is 1. The third kappa shape index (κ3) is 4.00. The second-order valence-electron chi connectivity index (χ2n) is 6.45. The van der Waals surface area contributed by atoms with Crippen molar-refractivity contribution in [2.45, 2.75) is 25.8 Å². The summed E-state index contributed by atoms with van der Waals surface area (Å²) in [5.74, 6) is 0.593. The van der Waals surface area contributed by atoms with E-state index in [1.807, 2.05) is 60.7 Å². The smallest absolute Gasteiger partial charge is 0.290 e.